The number of benzene rings is 2. The Labute approximate surface area is 187 Å². The van der Waals surface area contributed by atoms with Crippen LogP contribution in [0.1, 0.15) is 22.3 Å². The zero-order valence-electron chi connectivity index (χ0n) is 17.6. The van der Waals surface area contributed by atoms with Crippen LogP contribution >= 0.6 is 0 Å². The van der Waals surface area contributed by atoms with Crippen LogP contribution in [0.2, 0.25) is 0 Å². The van der Waals surface area contributed by atoms with Gasteiger partial charge in [-0.1, -0.05) is 60.7 Å². The van der Waals surface area contributed by atoms with Crippen LogP contribution in [0.5, 0.6) is 0 Å². The molecule has 0 radical (unpaired) electrons. The van der Waals surface area contributed by atoms with Gasteiger partial charge in [-0.3, -0.25) is 14.4 Å². The molecule has 1 aliphatic heterocycles. The molecule has 2 aliphatic carbocycles. The summed E-state index contributed by atoms with van der Waals surface area (Å²) in [7, 11) is 0. The van der Waals surface area contributed by atoms with Gasteiger partial charge in [-0.25, -0.2) is 0 Å². The van der Waals surface area contributed by atoms with Gasteiger partial charge >= 0.3 is 5.97 Å². The zero-order valence-corrected chi connectivity index (χ0v) is 17.6. The number of likely N-dealkylation sites (tertiary alicyclic amines) is 1. The summed E-state index contributed by atoms with van der Waals surface area (Å²) < 4.78 is 0. The van der Waals surface area contributed by atoms with Crippen molar-refractivity contribution in [1.82, 2.24) is 4.90 Å². The zero-order chi connectivity index (χ0) is 22.2. The lowest BCUT2D eigenvalue weighted by atomic mass is 9.63. The summed E-state index contributed by atoms with van der Waals surface area (Å²) in [5.74, 6) is -2.32. The van der Waals surface area contributed by atoms with Crippen molar-refractivity contribution in [2.75, 3.05) is 6.54 Å². The van der Waals surface area contributed by atoms with E-state index in [4.69, 9.17) is 0 Å². The molecule has 1 saturated heterocycles. The maximum absolute atomic E-state index is 13.5. The number of fused-ring (bicyclic) bond motifs is 2. The number of hydrogen-bond acceptors (Lipinski definition) is 3. The molecule has 0 unspecified atom stereocenters. The van der Waals surface area contributed by atoms with Crippen LogP contribution < -0.4 is 0 Å². The highest BCUT2D eigenvalue weighted by Gasteiger charge is 2.54. The molecular formula is C27H25NO4. The number of nitrogens with zero attached hydrogens (tertiary/aromatic N) is 1. The molecule has 2 aromatic rings. The number of amides is 1. The molecule has 0 spiro atoms. The second-order valence-electron chi connectivity index (χ2n) is 8.96. The molecule has 5 rings (SSSR count). The SMILES string of the molecule is O=C1C=CC2=C[C@H]3CN(C(=O)c4ccccc4)[C@@H](Cc4ccccc4)[C@@H]3[C@@H](C(=O)O)[C@H]2C1. The molecule has 5 nitrogen and oxygen atoms in total. The monoisotopic (exact) mass is 427 g/mol. The summed E-state index contributed by atoms with van der Waals surface area (Å²) in [6, 6.07) is 18.8. The van der Waals surface area contributed by atoms with Crippen LogP contribution in [0.15, 0.2) is 84.5 Å². The van der Waals surface area contributed by atoms with E-state index in [1.807, 2.05) is 53.4 Å². The van der Waals surface area contributed by atoms with Crippen molar-refractivity contribution < 1.29 is 19.5 Å². The standard InChI is InChI=1S/C27H25NO4/c29-21-12-11-19-14-20-16-28(26(30)18-9-5-2-6-10-18)23(13-17-7-3-1-4-8-17)24(20)25(27(31)32)22(19)15-21/h1-12,14,20,22-25H,13,15-16H2,(H,31,32)/t20-,22-,23-,24+,25-/m0/s1. The van der Waals surface area contributed by atoms with Gasteiger partial charge in [0.15, 0.2) is 5.78 Å². The molecule has 5 atom stereocenters. The third kappa shape index (κ3) is 3.58. The van der Waals surface area contributed by atoms with Crippen molar-refractivity contribution in [3.63, 3.8) is 0 Å². The molecule has 0 bridgehead atoms. The molecule has 1 heterocycles. The summed E-state index contributed by atoms with van der Waals surface area (Å²) in [4.78, 5) is 40.1. The van der Waals surface area contributed by atoms with Gasteiger partial charge in [-0.2, -0.15) is 0 Å². The minimum atomic E-state index is -0.884. The van der Waals surface area contributed by atoms with Gasteiger partial charge in [0.05, 0.1) is 5.92 Å². The van der Waals surface area contributed by atoms with Gasteiger partial charge in [0.2, 0.25) is 0 Å². The second kappa shape index (κ2) is 8.23. The van der Waals surface area contributed by atoms with E-state index >= 15 is 0 Å². The van der Waals surface area contributed by atoms with Crippen LogP contribution in [-0.2, 0) is 16.0 Å². The highest BCUT2D eigenvalue weighted by molar-refractivity contribution is 5.95. The Morgan fingerprint density at radius 2 is 1.66 bits per heavy atom. The minimum Gasteiger partial charge on any atom is -0.481 e. The number of carboxylic acids is 1. The van der Waals surface area contributed by atoms with E-state index in [-0.39, 0.29) is 41.9 Å². The van der Waals surface area contributed by atoms with Crippen molar-refractivity contribution in [2.45, 2.75) is 18.9 Å². The first kappa shape index (κ1) is 20.4. The van der Waals surface area contributed by atoms with Crippen LogP contribution in [-0.4, -0.2) is 40.3 Å². The van der Waals surface area contributed by atoms with Crippen LogP contribution in [0.3, 0.4) is 0 Å². The lowest BCUT2D eigenvalue weighted by Crippen LogP contribution is -2.46. The Balaban J connectivity index is 1.57. The first-order chi connectivity index (χ1) is 15.5. The van der Waals surface area contributed by atoms with Crippen LogP contribution in [0.25, 0.3) is 0 Å². The Hall–Kier alpha value is -3.47. The Morgan fingerprint density at radius 3 is 2.34 bits per heavy atom. The largest absolute Gasteiger partial charge is 0.481 e. The fourth-order valence-corrected chi connectivity index (χ4v) is 5.81. The third-order valence-corrected chi connectivity index (χ3v) is 7.17. The Kier molecular flexibility index (Phi) is 5.25. The normalized spacial score (nSPS) is 28.6. The molecule has 1 amide bonds. The Morgan fingerprint density at radius 1 is 0.969 bits per heavy atom. The molecule has 0 aromatic heterocycles. The molecule has 0 saturated carbocycles. The third-order valence-electron chi connectivity index (χ3n) is 7.17. The first-order valence-corrected chi connectivity index (χ1v) is 11.1. The van der Waals surface area contributed by atoms with E-state index in [9.17, 15) is 19.5 Å². The fourth-order valence-electron chi connectivity index (χ4n) is 5.81. The molecule has 1 N–H and O–H groups in total. The van der Waals surface area contributed by atoms with E-state index in [2.05, 4.69) is 6.08 Å². The average molecular weight is 428 g/mol. The van der Waals surface area contributed by atoms with Crippen molar-refractivity contribution in [3.05, 3.63) is 95.6 Å². The van der Waals surface area contributed by atoms with Gasteiger partial charge in [0, 0.05) is 42.3 Å². The van der Waals surface area contributed by atoms with Gasteiger partial charge in [-0.05, 0) is 35.8 Å². The summed E-state index contributed by atoms with van der Waals surface area (Å²) in [5, 5.41) is 10.3. The van der Waals surface area contributed by atoms with Crippen molar-refractivity contribution in [3.8, 4) is 0 Å². The number of hydrogen-bond donors (Lipinski definition) is 1. The fraction of sp³-hybridized carbons (Fsp3) is 0.296. The minimum absolute atomic E-state index is 0.0355. The molecule has 1 fully saturated rings. The lowest BCUT2D eigenvalue weighted by molar-refractivity contribution is -0.147. The molecule has 3 aliphatic rings. The molecule has 162 valence electrons. The van der Waals surface area contributed by atoms with Gasteiger partial charge in [-0.15, -0.1) is 0 Å². The quantitative estimate of drug-likeness (QED) is 0.806. The van der Waals surface area contributed by atoms with E-state index in [0.717, 1.165) is 11.1 Å². The average Bonchev–Trinajstić information content (AvgIpc) is 3.15. The van der Waals surface area contributed by atoms with E-state index in [1.54, 1.807) is 24.3 Å². The summed E-state index contributed by atoms with van der Waals surface area (Å²) >= 11 is 0. The van der Waals surface area contributed by atoms with E-state index < -0.39 is 11.9 Å². The molecule has 2 aromatic carbocycles. The number of ketones is 1. The first-order valence-electron chi connectivity index (χ1n) is 11.1. The lowest BCUT2D eigenvalue weighted by Gasteiger charge is -2.40. The second-order valence-corrected chi connectivity index (χ2v) is 8.96. The molecule has 32 heavy (non-hydrogen) atoms. The number of allylic oxidation sites excluding steroid dienone is 3. The van der Waals surface area contributed by atoms with E-state index in [1.165, 1.54) is 0 Å². The summed E-state index contributed by atoms with van der Waals surface area (Å²) in [5.41, 5.74) is 2.60. The van der Waals surface area contributed by atoms with Crippen molar-refractivity contribution in [1.29, 1.82) is 0 Å². The van der Waals surface area contributed by atoms with Gasteiger partial charge in [0.1, 0.15) is 0 Å². The highest BCUT2D eigenvalue weighted by Crippen LogP contribution is 2.49. The maximum Gasteiger partial charge on any atom is 0.307 e. The van der Waals surface area contributed by atoms with Gasteiger partial charge < -0.3 is 10.0 Å². The highest BCUT2D eigenvalue weighted by atomic mass is 16.4. The summed E-state index contributed by atoms with van der Waals surface area (Å²) in [6.45, 7) is 0.484. The molecule has 5 heteroatoms. The predicted molar refractivity (Wildman–Crippen MR) is 120 cm³/mol. The maximum atomic E-state index is 13.5. The number of aliphatic carboxylic acids is 1. The molecular weight excluding hydrogens is 402 g/mol. The predicted octanol–water partition coefficient (Wildman–Crippen LogP) is 3.77. The van der Waals surface area contributed by atoms with E-state index in [0.29, 0.717) is 18.5 Å². The summed E-state index contributed by atoms with van der Waals surface area (Å²) in [6.07, 6.45) is 6.24. The topological polar surface area (TPSA) is 74.7 Å². The number of carboxylic acid groups (broad SMARTS) is 1. The smallest absolute Gasteiger partial charge is 0.307 e. The van der Waals surface area contributed by atoms with Gasteiger partial charge in [0.25, 0.3) is 5.91 Å². The van der Waals surface area contributed by atoms with Crippen LogP contribution in [0.4, 0.5) is 0 Å². The Bertz CT molecular complexity index is 1100. The number of rotatable bonds is 4. The van der Waals surface area contributed by atoms with Crippen LogP contribution in [0, 0.1) is 23.7 Å². The van der Waals surface area contributed by atoms with Crippen molar-refractivity contribution >= 4 is 17.7 Å². The van der Waals surface area contributed by atoms with Crippen molar-refractivity contribution in [2.24, 2.45) is 23.7 Å². The number of carbonyl (C=O) groups is 3. The number of carbonyl (C=O) groups excluding carboxylic acids is 2.